The molecule has 3 rings (SSSR count). The molecule has 1 atom stereocenters. The number of benzene rings is 1. The number of rotatable bonds is 2. The van der Waals surface area contributed by atoms with Gasteiger partial charge in [0.1, 0.15) is 17.6 Å². The highest BCUT2D eigenvalue weighted by Gasteiger charge is 2.42. The molecule has 0 saturated heterocycles. The van der Waals surface area contributed by atoms with Gasteiger partial charge in [0.15, 0.2) is 0 Å². The number of carbonyl (C=O) groups is 2. The molecular weight excluding hydrogens is 273 g/mol. The molecule has 5 nitrogen and oxygen atoms in total. The molecular formula is C15H16FN3O2. The van der Waals surface area contributed by atoms with Gasteiger partial charge in [-0.05, 0) is 30.5 Å². The van der Waals surface area contributed by atoms with Crippen LogP contribution >= 0.6 is 0 Å². The number of nitrogens with zero attached hydrogens (tertiary/aromatic N) is 1. The fourth-order valence-corrected chi connectivity index (χ4v) is 2.96. The minimum absolute atomic E-state index is 0.252. The summed E-state index contributed by atoms with van der Waals surface area (Å²) in [6, 6.07) is 5.44. The van der Waals surface area contributed by atoms with Crippen LogP contribution in [0.4, 0.5) is 4.39 Å². The summed E-state index contributed by atoms with van der Waals surface area (Å²) in [6.45, 7) is 0. The first-order chi connectivity index (χ1) is 9.99. The zero-order valence-electron chi connectivity index (χ0n) is 11.4. The Labute approximate surface area is 121 Å². The summed E-state index contributed by atoms with van der Waals surface area (Å²) in [5.41, 5.74) is 5.79. The van der Waals surface area contributed by atoms with Crippen molar-refractivity contribution in [2.24, 2.45) is 10.7 Å². The second-order valence-electron chi connectivity index (χ2n) is 5.64. The van der Waals surface area contributed by atoms with E-state index in [9.17, 15) is 14.0 Å². The quantitative estimate of drug-likeness (QED) is 0.803. The summed E-state index contributed by atoms with van der Waals surface area (Å²) in [5.74, 6) is -2.42. The Balaban J connectivity index is 1.92. The largest absolute Gasteiger partial charge is 0.319 e. The minimum atomic E-state index is -1.10. The molecule has 1 unspecified atom stereocenters. The molecule has 0 radical (unpaired) electrons. The van der Waals surface area contributed by atoms with E-state index < -0.39 is 29.1 Å². The van der Waals surface area contributed by atoms with Crippen molar-refractivity contribution in [3.63, 3.8) is 0 Å². The molecule has 1 aliphatic carbocycles. The van der Waals surface area contributed by atoms with Gasteiger partial charge in [0.2, 0.25) is 5.91 Å². The normalized spacial score (nSPS) is 24.7. The topological polar surface area (TPSA) is 84.5 Å². The van der Waals surface area contributed by atoms with Crippen molar-refractivity contribution in [2.75, 3.05) is 0 Å². The molecule has 2 amide bonds. The Hall–Kier alpha value is -2.08. The van der Waals surface area contributed by atoms with E-state index in [-0.39, 0.29) is 5.84 Å². The summed E-state index contributed by atoms with van der Waals surface area (Å²) in [6.07, 6.45) is 3.30. The summed E-state index contributed by atoms with van der Waals surface area (Å²) in [5, 5.41) is 2.64. The summed E-state index contributed by atoms with van der Waals surface area (Å²) < 4.78 is 13.3. The average Bonchev–Trinajstić information content (AvgIpc) is 2.86. The number of halogens is 1. The molecule has 21 heavy (non-hydrogen) atoms. The molecule has 0 spiro atoms. The van der Waals surface area contributed by atoms with E-state index in [0.717, 1.165) is 12.8 Å². The van der Waals surface area contributed by atoms with Gasteiger partial charge in [0.05, 0.1) is 5.54 Å². The first kappa shape index (κ1) is 13.9. The molecule has 0 aromatic heterocycles. The van der Waals surface area contributed by atoms with Crippen LogP contribution in [0, 0.1) is 5.82 Å². The molecule has 2 aliphatic rings. The maximum absolute atomic E-state index is 13.3. The predicted octanol–water partition coefficient (Wildman–Crippen LogP) is 1.24. The number of amides is 2. The van der Waals surface area contributed by atoms with Gasteiger partial charge >= 0.3 is 0 Å². The second kappa shape index (κ2) is 5.04. The van der Waals surface area contributed by atoms with Crippen LogP contribution in [0.1, 0.15) is 37.2 Å². The number of carbonyl (C=O) groups excluding carboxylic acids is 2. The zero-order chi connectivity index (χ0) is 15.0. The molecule has 1 fully saturated rings. The van der Waals surface area contributed by atoms with Gasteiger partial charge in [-0.2, -0.15) is 4.99 Å². The van der Waals surface area contributed by atoms with Gasteiger partial charge in [-0.25, -0.2) is 4.39 Å². The van der Waals surface area contributed by atoms with Crippen molar-refractivity contribution in [3.05, 3.63) is 35.6 Å². The highest BCUT2D eigenvalue weighted by atomic mass is 19.1. The standard InChI is InChI=1S/C15H16FN3O2/c16-10-5-3-4-9(8-10)11-12(20)18-14(19-13(11)21)15(17)6-1-2-7-15/h3-5,8,11H,1-2,6-7,17H2,(H,18,19,20,21). The van der Waals surface area contributed by atoms with Crippen LogP contribution in [-0.2, 0) is 9.59 Å². The first-order valence-electron chi connectivity index (χ1n) is 6.98. The van der Waals surface area contributed by atoms with Crippen LogP contribution in [0.25, 0.3) is 0 Å². The monoisotopic (exact) mass is 289 g/mol. The highest BCUT2D eigenvalue weighted by molar-refractivity contribution is 6.21. The van der Waals surface area contributed by atoms with Crippen LogP contribution in [0.5, 0.6) is 0 Å². The van der Waals surface area contributed by atoms with Gasteiger partial charge in [-0.3, -0.25) is 9.59 Å². The lowest BCUT2D eigenvalue weighted by Gasteiger charge is -2.30. The Morgan fingerprint density at radius 2 is 2.00 bits per heavy atom. The van der Waals surface area contributed by atoms with Crippen molar-refractivity contribution in [2.45, 2.75) is 37.1 Å². The van der Waals surface area contributed by atoms with Crippen LogP contribution in [0.15, 0.2) is 29.3 Å². The van der Waals surface area contributed by atoms with Crippen LogP contribution in [0.3, 0.4) is 0 Å². The third-order valence-corrected chi connectivity index (χ3v) is 4.12. The van der Waals surface area contributed by atoms with Crippen LogP contribution < -0.4 is 11.1 Å². The van der Waals surface area contributed by atoms with E-state index in [1.807, 2.05) is 0 Å². The van der Waals surface area contributed by atoms with Crippen LogP contribution in [-0.4, -0.2) is 23.2 Å². The Morgan fingerprint density at radius 1 is 1.29 bits per heavy atom. The molecule has 3 N–H and O–H groups in total. The van der Waals surface area contributed by atoms with Gasteiger partial charge in [0.25, 0.3) is 5.91 Å². The van der Waals surface area contributed by atoms with E-state index >= 15 is 0 Å². The minimum Gasteiger partial charge on any atom is -0.319 e. The number of nitrogens with one attached hydrogen (secondary N) is 1. The van der Waals surface area contributed by atoms with E-state index in [2.05, 4.69) is 10.3 Å². The highest BCUT2D eigenvalue weighted by Crippen LogP contribution is 2.30. The third-order valence-electron chi connectivity index (χ3n) is 4.12. The van der Waals surface area contributed by atoms with Gasteiger partial charge in [0, 0.05) is 0 Å². The number of amidine groups is 1. The average molecular weight is 289 g/mol. The Morgan fingerprint density at radius 3 is 2.62 bits per heavy atom. The maximum atomic E-state index is 13.3. The fraction of sp³-hybridized carbons (Fsp3) is 0.400. The number of hydrogen-bond donors (Lipinski definition) is 2. The second-order valence-corrected chi connectivity index (χ2v) is 5.64. The summed E-state index contributed by atoms with van der Waals surface area (Å²) in [7, 11) is 0. The third kappa shape index (κ3) is 2.47. The molecule has 0 bridgehead atoms. The van der Waals surface area contributed by atoms with Gasteiger partial charge < -0.3 is 11.1 Å². The maximum Gasteiger partial charge on any atom is 0.264 e. The molecule has 1 aromatic carbocycles. The SMILES string of the molecule is NC1(C2=NC(=O)C(c3cccc(F)c3)C(=O)N2)CCCC1. The van der Waals surface area contributed by atoms with E-state index in [1.165, 1.54) is 18.2 Å². The predicted molar refractivity (Wildman–Crippen MR) is 75.1 cm³/mol. The van der Waals surface area contributed by atoms with Crippen molar-refractivity contribution in [3.8, 4) is 0 Å². The van der Waals surface area contributed by atoms with Crippen molar-refractivity contribution < 1.29 is 14.0 Å². The molecule has 1 aromatic rings. The lowest BCUT2D eigenvalue weighted by Crippen LogP contribution is -2.57. The Bertz CT molecular complexity index is 636. The molecule has 110 valence electrons. The van der Waals surface area contributed by atoms with E-state index in [1.54, 1.807) is 6.07 Å². The van der Waals surface area contributed by atoms with E-state index in [4.69, 9.17) is 5.73 Å². The van der Waals surface area contributed by atoms with Crippen molar-refractivity contribution >= 4 is 17.6 Å². The summed E-state index contributed by atoms with van der Waals surface area (Å²) >= 11 is 0. The molecule has 1 saturated carbocycles. The lowest BCUT2D eigenvalue weighted by atomic mass is 9.92. The summed E-state index contributed by atoms with van der Waals surface area (Å²) in [4.78, 5) is 28.4. The van der Waals surface area contributed by atoms with E-state index in [0.29, 0.717) is 18.4 Å². The number of hydrogen-bond acceptors (Lipinski definition) is 3. The molecule has 1 aliphatic heterocycles. The van der Waals surface area contributed by atoms with Crippen molar-refractivity contribution in [1.29, 1.82) is 0 Å². The fourth-order valence-electron chi connectivity index (χ4n) is 2.96. The van der Waals surface area contributed by atoms with Crippen LogP contribution in [0.2, 0.25) is 0 Å². The number of nitrogens with two attached hydrogens (primary N) is 1. The molecule has 6 heteroatoms. The van der Waals surface area contributed by atoms with Gasteiger partial charge in [-0.15, -0.1) is 0 Å². The lowest BCUT2D eigenvalue weighted by molar-refractivity contribution is -0.130. The first-order valence-corrected chi connectivity index (χ1v) is 6.98. The van der Waals surface area contributed by atoms with Gasteiger partial charge in [-0.1, -0.05) is 25.0 Å². The molecule has 1 heterocycles. The Kier molecular flexibility index (Phi) is 3.33. The number of aliphatic imine (C=N–C) groups is 1. The zero-order valence-corrected chi connectivity index (χ0v) is 11.4. The smallest absolute Gasteiger partial charge is 0.264 e. The van der Waals surface area contributed by atoms with Crippen molar-refractivity contribution in [1.82, 2.24) is 5.32 Å².